The summed E-state index contributed by atoms with van der Waals surface area (Å²) in [6.07, 6.45) is -0.232. The van der Waals surface area contributed by atoms with Gasteiger partial charge < -0.3 is 34.6 Å². The van der Waals surface area contributed by atoms with Crippen molar-refractivity contribution >= 4 is 11.4 Å². The highest BCUT2D eigenvalue weighted by molar-refractivity contribution is 5.53. The molecule has 3 N–H and O–H groups in total. The minimum absolute atomic E-state index is 0.241. The molecule has 0 aliphatic heterocycles. The Hall–Kier alpha value is -2.16. The van der Waals surface area contributed by atoms with E-state index in [-0.39, 0.29) is 13.2 Å². The van der Waals surface area contributed by atoms with E-state index in [1.807, 2.05) is 36.4 Å². The highest BCUT2D eigenvalue weighted by atomic mass is 16.7. The third kappa shape index (κ3) is 6.03. The third-order valence-corrected chi connectivity index (χ3v) is 6.83. The van der Waals surface area contributed by atoms with Crippen molar-refractivity contribution < 1.29 is 24.8 Å². The molecule has 0 heterocycles. The fourth-order valence-corrected chi connectivity index (χ4v) is 4.81. The summed E-state index contributed by atoms with van der Waals surface area (Å²) in [5, 5.41) is 35.0. The van der Waals surface area contributed by atoms with Crippen molar-refractivity contribution in [2.45, 2.75) is 65.5 Å². The number of benzene rings is 2. The van der Waals surface area contributed by atoms with Crippen molar-refractivity contribution in [2.24, 2.45) is 0 Å². The second-order valence-corrected chi connectivity index (χ2v) is 8.88. The molecule has 36 heavy (non-hydrogen) atoms. The molecule has 0 radical (unpaired) electrons. The number of aliphatic hydroxyl groups excluding tert-OH is 1. The quantitative estimate of drug-likeness (QED) is 0.298. The van der Waals surface area contributed by atoms with E-state index in [9.17, 15) is 15.3 Å². The van der Waals surface area contributed by atoms with Crippen molar-refractivity contribution in [2.75, 3.05) is 55.8 Å². The number of hydrogen-bond donors (Lipinski definition) is 3. The van der Waals surface area contributed by atoms with Crippen LogP contribution in [0.5, 0.6) is 0 Å². The van der Waals surface area contributed by atoms with Crippen molar-refractivity contribution in [1.29, 1.82) is 0 Å². The van der Waals surface area contributed by atoms with Gasteiger partial charge in [-0.05, 0) is 76.4 Å². The van der Waals surface area contributed by atoms with Crippen LogP contribution in [0.25, 0.3) is 0 Å². The maximum absolute atomic E-state index is 12.4. The molecule has 2 rings (SSSR count). The van der Waals surface area contributed by atoms with Gasteiger partial charge in [0.2, 0.25) is 0 Å². The average Bonchev–Trinajstić information content (AvgIpc) is 2.91. The summed E-state index contributed by atoms with van der Waals surface area (Å²) in [7, 11) is 0. The van der Waals surface area contributed by atoms with Gasteiger partial charge in [0, 0.05) is 50.8 Å². The first-order valence-corrected chi connectivity index (χ1v) is 13.3. The predicted octanol–water partition coefficient (Wildman–Crippen LogP) is 4.13. The minimum atomic E-state index is -2.18. The number of rotatable bonds is 16. The predicted molar refractivity (Wildman–Crippen MR) is 147 cm³/mol. The van der Waals surface area contributed by atoms with Crippen LogP contribution in [0.3, 0.4) is 0 Å². The van der Waals surface area contributed by atoms with Gasteiger partial charge >= 0.3 is 0 Å². The Labute approximate surface area is 217 Å². The highest BCUT2D eigenvalue weighted by Crippen LogP contribution is 2.43. The lowest BCUT2D eigenvalue weighted by Crippen LogP contribution is -2.63. The van der Waals surface area contributed by atoms with Gasteiger partial charge in [-0.3, -0.25) is 0 Å². The zero-order valence-electron chi connectivity index (χ0n) is 22.9. The summed E-state index contributed by atoms with van der Waals surface area (Å²) >= 11 is 0. The summed E-state index contributed by atoms with van der Waals surface area (Å²) in [5.41, 5.74) is -1.27. The maximum atomic E-state index is 12.4. The van der Waals surface area contributed by atoms with E-state index in [2.05, 4.69) is 37.5 Å². The zero-order chi connectivity index (χ0) is 26.8. The molecule has 0 fully saturated rings. The van der Waals surface area contributed by atoms with E-state index < -0.39 is 24.1 Å². The smallest absolute Gasteiger partial charge is 0.192 e. The van der Waals surface area contributed by atoms with E-state index in [0.29, 0.717) is 11.1 Å². The van der Waals surface area contributed by atoms with Gasteiger partial charge in [0.05, 0.1) is 6.61 Å². The largest absolute Gasteiger partial charge is 0.393 e. The number of ether oxygens (including phenoxy) is 2. The van der Waals surface area contributed by atoms with Crippen LogP contribution < -0.4 is 9.80 Å². The van der Waals surface area contributed by atoms with Crippen LogP contribution >= 0.6 is 0 Å². The Bertz CT molecular complexity index is 882. The molecule has 0 saturated heterocycles. The number of aliphatic hydroxyl groups is 3. The molecule has 7 nitrogen and oxygen atoms in total. The van der Waals surface area contributed by atoms with Crippen LogP contribution in [0, 0.1) is 0 Å². The van der Waals surface area contributed by atoms with E-state index in [1.165, 1.54) is 0 Å². The van der Waals surface area contributed by atoms with Gasteiger partial charge in [-0.25, -0.2) is 0 Å². The molecule has 2 aromatic carbocycles. The first kappa shape index (κ1) is 30.1. The van der Waals surface area contributed by atoms with Gasteiger partial charge in [0.1, 0.15) is 0 Å². The van der Waals surface area contributed by atoms with E-state index >= 15 is 0 Å². The lowest BCUT2D eigenvalue weighted by molar-refractivity contribution is -0.295. The monoisotopic (exact) mass is 502 g/mol. The van der Waals surface area contributed by atoms with E-state index in [1.54, 1.807) is 26.0 Å². The van der Waals surface area contributed by atoms with Crippen LogP contribution in [0.15, 0.2) is 48.5 Å². The molecule has 2 atom stereocenters. The fraction of sp³-hybridized carbons (Fsp3) is 0.586. The Morgan fingerprint density at radius 1 is 0.694 bits per heavy atom. The molecule has 0 bridgehead atoms. The molecule has 0 spiro atoms. The van der Waals surface area contributed by atoms with E-state index in [0.717, 1.165) is 44.0 Å². The second-order valence-electron chi connectivity index (χ2n) is 8.88. The summed E-state index contributed by atoms with van der Waals surface area (Å²) < 4.78 is 11.5. The second kappa shape index (κ2) is 14.0. The van der Waals surface area contributed by atoms with Crippen molar-refractivity contribution in [3.63, 3.8) is 0 Å². The molecule has 0 aliphatic carbocycles. The maximum Gasteiger partial charge on any atom is 0.192 e. The standard InChI is InChI=1S/C29H46N2O5/c1-7-21-31(10-4)26-19-15-24(16-20-26)29(34,28(33,22-32)27(35-11-5)36-12-6)23-13-17-25(18-14-23)30(8-2)9-3/h13-20,27,32-34H,7-12,21-22H2,1-6H3. The third-order valence-electron chi connectivity index (χ3n) is 6.83. The fourth-order valence-electron chi connectivity index (χ4n) is 4.81. The van der Waals surface area contributed by atoms with Gasteiger partial charge in [-0.1, -0.05) is 31.2 Å². The Morgan fingerprint density at radius 3 is 1.44 bits per heavy atom. The molecule has 2 aromatic rings. The minimum Gasteiger partial charge on any atom is -0.393 e. The SMILES string of the molecule is CCCN(CC)c1ccc(C(O)(c2ccc(N(CC)CC)cc2)C(O)(CO)C(OCC)OCC)cc1. The molecule has 0 aliphatic rings. The summed E-state index contributed by atoms with van der Waals surface area (Å²) in [6, 6.07) is 14.9. The Balaban J connectivity index is 2.70. The molecule has 0 amide bonds. The molecule has 202 valence electrons. The van der Waals surface area contributed by atoms with Crippen molar-refractivity contribution in [1.82, 2.24) is 0 Å². The Morgan fingerprint density at radius 2 is 1.11 bits per heavy atom. The van der Waals surface area contributed by atoms with Gasteiger partial charge in [0.15, 0.2) is 17.5 Å². The van der Waals surface area contributed by atoms with Crippen LogP contribution in [0.2, 0.25) is 0 Å². The number of anilines is 2. The van der Waals surface area contributed by atoms with Crippen LogP contribution in [-0.4, -0.2) is 73.2 Å². The first-order valence-electron chi connectivity index (χ1n) is 13.3. The lowest BCUT2D eigenvalue weighted by atomic mass is 9.72. The van der Waals surface area contributed by atoms with Gasteiger partial charge in [-0.15, -0.1) is 0 Å². The van der Waals surface area contributed by atoms with Gasteiger partial charge in [0.25, 0.3) is 0 Å². The molecule has 7 heteroatoms. The van der Waals surface area contributed by atoms with Crippen molar-refractivity contribution in [3.8, 4) is 0 Å². The topological polar surface area (TPSA) is 85.6 Å². The first-order chi connectivity index (χ1) is 17.3. The summed E-state index contributed by atoms with van der Waals surface area (Å²) in [6.45, 7) is 15.2. The summed E-state index contributed by atoms with van der Waals surface area (Å²) in [4.78, 5) is 4.45. The molecular weight excluding hydrogens is 456 g/mol. The molecule has 0 aromatic heterocycles. The van der Waals surface area contributed by atoms with Crippen LogP contribution in [-0.2, 0) is 15.1 Å². The molecule has 0 saturated carbocycles. The van der Waals surface area contributed by atoms with Gasteiger partial charge in [-0.2, -0.15) is 0 Å². The van der Waals surface area contributed by atoms with Crippen molar-refractivity contribution in [3.05, 3.63) is 59.7 Å². The number of nitrogens with zero attached hydrogens (tertiary/aromatic N) is 2. The zero-order valence-corrected chi connectivity index (χ0v) is 22.9. The molecule has 2 unspecified atom stereocenters. The summed E-state index contributed by atoms with van der Waals surface area (Å²) in [5.74, 6) is 0. The number of hydrogen-bond acceptors (Lipinski definition) is 7. The lowest BCUT2D eigenvalue weighted by Gasteiger charge is -2.46. The Kier molecular flexibility index (Phi) is 11.7. The average molecular weight is 503 g/mol. The van der Waals surface area contributed by atoms with Crippen LogP contribution in [0.4, 0.5) is 11.4 Å². The highest BCUT2D eigenvalue weighted by Gasteiger charge is 2.57. The van der Waals surface area contributed by atoms with Crippen LogP contribution in [0.1, 0.15) is 59.1 Å². The normalized spacial score (nSPS) is 14.9. The molecular formula is C29H46N2O5. The van der Waals surface area contributed by atoms with E-state index in [4.69, 9.17) is 9.47 Å².